The zero-order valence-corrected chi connectivity index (χ0v) is 13.1. The predicted molar refractivity (Wildman–Crippen MR) is 72.2 cm³/mol. The standard InChI is InChI=1S/4CHNS.Cr.3H3N.H2O/c4*2-1-3;;;;;/h4*3H;;3*1H3;1H2/q;;;;+3;;;;/p-3. The minimum atomic E-state index is 0. The Morgan fingerprint density at radius 3 is 0.706 bits per heavy atom. The van der Waals surface area contributed by atoms with Crippen LogP contribution in [0, 0.1) is 42.7 Å². The fourth-order valence-corrected chi connectivity index (χ4v) is 0. The van der Waals surface area contributed by atoms with Gasteiger partial charge in [-0.15, -0.1) is 0 Å². The van der Waals surface area contributed by atoms with E-state index in [1.165, 1.54) is 21.6 Å². The Balaban J connectivity index is -0.00000000653. The molecule has 0 fully saturated rings. The first-order chi connectivity index (χ1) is 5.66. The molecule has 0 amide bonds. The second-order valence-corrected chi connectivity index (χ2v) is 1.12. The van der Waals surface area contributed by atoms with Gasteiger partial charge < -0.3 is 61.8 Å². The molecular formula is C4H12CrN7OS4. The minimum Gasteiger partial charge on any atom is -0.696 e. The van der Waals surface area contributed by atoms with Crippen molar-refractivity contribution in [2.45, 2.75) is 0 Å². The largest absolute Gasteiger partial charge is 3.00 e. The molecule has 0 aromatic heterocycles. The Kier molecular flexibility index (Phi) is 1190. The fourth-order valence-electron chi connectivity index (χ4n) is 0. The van der Waals surface area contributed by atoms with Gasteiger partial charge in [0.05, 0.1) is 0 Å². The van der Waals surface area contributed by atoms with Crippen molar-refractivity contribution in [1.29, 1.82) is 21.0 Å². The number of hydrogen-bond donors (Lipinski definition) is 4. The Morgan fingerprint density at radius 1 is 0.706 bits per heavy atom. The van der Waals surface area contributed by atoms with Crippen LogP contribution < -0.4 is 18.5 Å². The fraction of sp³-hybridized carbons (Fsp3) is 0. The molecule has 0 aromatic rings. The van der Waals surface area contributed by atoms with Crippen LogP contribution in [0.3, 0.4) is 0 Å². The molecule has 17 heavy (non-hydrogen) atoms. The van der Waals surface area contributed by atoms with Crippen LogP contribution in [0.25, 0.3) is 0 Å². The van der Waals surface area contributed by atoms with Crippen molar-refractivity contribution in [3.63, 3.8) is 0 Å². The SMILES string of the molecule is N.N.N.N#CS.N#C[S-].N#C[S-].N#C[S-].O.[Cr+3]. The maximum absolute atomic E-state index is 7.18. The van der Waals surface area contributed by atoms with E-state index in [1.54, 1.807) is 0 Å². The molecule has 0 aromatic carbocycles. The van der Waals surface area contributed by atoms with Crippen molar-refractivity contribution >= 4 is 50.5 Å². The summed E-state index contributed by atoms with van der Waals surface area (Å²) in [4.78, 5) is 0. The van der Waals surface area contributed by atoms with Gasteiger partial charge in [0.25, 0.3) is 0 Å². The number of nitrogens with zero attached hydrogens (tertiary/aromatic N) is 4. The maximum Gasteiger partial charge on any atom is 3.00 e. The van der Waals surface area contributed by atoms with E-state index in [1.807, 2.05) is 0 Å². The summed E-state index contributed by atoms with van der Waals surface area (Å²) in [6.07, 6.45) is 0. The van der Waals surface area contributed by atoms with E-state index < -0.39 is 0 Å². The first-order valence-electron chi connectivity index (χ1n) is 1.73. The van der Waals surface area contributed by atoms with Crippen molar-refractivity contribution in [2.24, 2.45) is 0 Å². The molecule has 0 atom stereocenters. The zero-order valence-electron chi connectivity index (χ0n) is 8.49. The molecule has 1 radical (unpaired) electrons. The van der Waals surface area contributed by atoms with Crippen molar-refractivity contribution in [1.82, 2.24) is 18.5 Å². The molecule has 0 aliphatic carbocycles. The number of hydrogen-bond acceptors (Lipinski definition) is 11. The molecule has 0 bridgehead atoms. The number of thiocyanates is 4. The van der Waals surface area contributed by atoms with Crippen molar-refractivity contribution in [2.75, 3.05) is 0 Å². The summed E-state index contributed by atoms with van der Waals surface area (Å²) in [7, 11) is 0. The van der Waals surface area contributed by atoms with Crippen LogP contribution in [0.4, 0.5) is 0 Å². The van der Waals surface area contributed by atoms with Crippen LogP contribution in [0.15, 0.2) is 0 Å². The second-order valence-electron chi connectivity index (χ2n) is 0.374. The van der Waals surface area contributed by atoms with E-state index in [0.717, 1.165) is 0 Å². The minimum absolute atomic E-state index is 0. The molecule has 8 nitrogen and oxygen atoms in total. The molecule has 0 rings (SSSR count). The average molecular weight is 354 g/mol. The van der Waals surface area contributed by atoms with Gasteiger partial charge in [0, 0.05) is 0 Å². The molecule has 0 heterocycles. The quantitative estimate of drug-likeness (QED) is 0.260. The molecule has 0 aliphatic rings. The molecule has 0 unspecified atom stereocenters. The molecule has 0 aliphatic heterocycles. The van der Waals surface area contributed by atoms with Crippen LogP contribution in [-0.2, 0) is 55.2 Å². The van der Waals surface area contributed by atoms with Gasteiger partial charge in [-0.3, -0.25) is 0 Å². The Morgan fingerprint density at radius 2 is 0.706 bits per heavy atom. The maximum atomic E-state index is 7.18. The molecule has 11 N–H and O–H groups in total. The van der Waals surface area contributed by atoms with Gasteiger partial charge in [-0.25, -0.2) is 15.8 Å². The van der Waals surface area contributed by atoms with Crippen LogP contribution in [0.1, 0.15) is 0 Å². The van der Waals surface area contributed by atoms with E-state index in [-0.39, 0.29) is 41.3 Å². The molecule has 99 valence electrons. The predicted octanol–water partition coefficient (Wildman–Crippen LogP) is 0.0992. The summed E-state index contributed by atoms with van der Waals surface area (Å²) in [5.41, 5.74) is 0. The Bertz CT molecular complexity index is 168. The van der Waals surface area contributed by atoms with Gasteiger partial charge in [-0.05, 0) is 0 Å². The van der Waals surface area contributed by atoms with E-state index in [9.17, 15) is 0 Å². The van der Waals surface area contributed by atoms with E-state index in [4.69, 9.17) is 21.0 Å². The summed E-state index contributed by atoms with van der Waals surface area (Å²) < 4.78 is 0. The van der Waals surface area contributed by atoms with Crippen molar-refractivity contribution < 1.29 is 22.8 Å². The number of rotatable bonds is 0. The summed E-state index contributed by atoms with van der Waals surface area (Å²) >= 11 is 14.2. The summed E-state index contributed by atoms with van der Waals surface area (Å²) in [5.74, 6) is 0. The molecule has 0 spiro atoms. The topological polar surface area (TPSA) is 232 Å². The third-order valence-electron chi connectivity index (χ3n) is 0. The summed E-state index contributed by atoms with van der Waals surface area (Å²) in [6, 6.07) is 0. The Labute approximate surface area is 134 Å². The van der Waals surface area contributed by atoms with Crippen molar-refractivity contribution in [3.05, 3.63) is 0 Å². The zero-order chi connectivity index (χ0) is 10.8. The van der Waals surface area contributed by atoms with Gasteiger partial charge in [0.2, 0.25) is 0 Å². The summed E-state index contributed by atoms with van der Waals surface area (Å²) in [6.45, 7) is 0. The summed E-state index contributed by atoms with van der Waals surface area (Å²) in [5, 5.41) is 34.0. The van der Waals surface area contributed by atoms with Gasteiger partial charge in [-0.1, -0.05) is 28.8 Å². The third kappa shape index (κ3) is 6320. The number of nitriles is 4. The average Bonchev–Trinajstić information content (AvgIpc) is 1.92. The van der Waals surface area contributed by atoms with Crippen LogP contribution in [-0.4, -0.2) is 5.48 Å². The smallest absolute Gasteiger partial charge is 0.696 e. The molecule has 13 heteroatoms. The first-order valence-corrected chi connectivity index (χ1v) is 3.40. The van der Waals surface area contributed by atoms with E-state index >= 15 is 0 Å². The van der Waals surface area contributed by atoms with Gasteiger partial charge in [0.15, 0.2) is 0 Å². The van der Waals surface area contributed by atoms with Crippen LogP contribution in [0.5, 0.6) is 0 Å². The van der Waals surface area contributed by atoms with Crippen LogP contribution >= 0.6 is 12.6 Å². The molecule has 0 saturated carbocycles. The van der Waals surface area contributed by atoms with Crippen molar-refractivity contribution in [3.8, 4) is 21.6 Å². The molecular weight excluding hydrogens is 342 g/mol. The van der Waals surface area contributed by atoms with E-state index in [0.29, 0.717) is 0 Å². The van der Waals surface area contributed by atoms with Crippen LogP contribution in [0.2, 0.25) is 0 Å². The van der Waals surface area contributed by atoms with Gasteiger partial charge in [0.1, 0.15) is 5.40 Å². The van der Waals surface area contributed by atoms with Gasteiger partial charge in [-0.2, -0.15) is 5.26 Å². The number of thiol groups is 1. The normalized spacial score (nSPS) is 1.71. The second kappa shape index (κ2) is 282. The third-order valence-corrected chi connectivity index (χ3v) is 0. The molecule has 0 saturated heterocycles. The first kappa shape index (κ1) is 71.4. The van der Waals surface area contributed by atoms with E-state index in [2.05, 4.69) is 50.5 Å². The van der Waals surface area contributed by atoms with Gasteiger partial charge >= 0.3 is 17.4 Å². The Hall–Kier alpha value is -0.658. The monoisotopic (exact) mass is 354 g/mol.